The Balaban J connectivity index is 1.56. The Morgan fingerprint density at radius 1 is 1.00 bits per heavy atom. The van der Waals surface area contributed by atoms with Crippen molar-refractivity contribution in [3.63, 3.8) is 0 Å². The predicted octanol–water partition coefficient (Wildman–Crippen LogP) is 6.11. The van der Waals surface area contributed by atoms with E-state index in [1.807, 2.05) is 78.9 Å². The summed E-state index contributed by atoms with van der Waals surface area (Å²) in [6, 6.07) is 22.9. The number of benzene rings is 3. The summed E-state index contributed by atoms with van der Waals surface area (Å²) < 4.78 is 12.3. The van der Waals surface area contributed by atoms with Gasteiger partial charge in [-0.3, -0.25) is 0 Å². The van der Waals surface area contributed by atoms with E-state index < -0.39 is 5.97 Å². The summed E-state index contributed by atoms with van der Waals surface area (Å²) in [5.41, 5.74) is 3.92. The smallest absolute Gasteiger partial charge is 0.335 e. The monoisotopic (exact) mass is 422 g/mol. The largest absolute Gasteiger partial charge is 0.489 e. The van der Waals surface area contributed by atoms with Gasteiger partial charge in [0.1, 0.15) is 23.9 Å². The Labute approximate surface area is 186 Å². The minimum atomic E-state index is -0.939. The van der Waals surface area contributed by atoms with Crippen LogP contribution < -0.4 is 9.47 Å². The number of rotatable bonds is 5. The number of carboxylic acid groups (broad SMARTS) is 1. The van der Waals surface area contributed by atoms with Crippen LogP contribution in [0.15, 0.2) is 109 Å². The van der Waals surface area contributed by atoms with Crippen LogP contribution in [0.5, 0.6) is 11.5 Å². The zero-order chi connectivity index (χ0) is 22.1. The molecule has 3 aromatic carbocycles. The van der Waals surface area contributed by atoms with Crippen molar-refractivity contribution in [2.45, 2.75) is 12.5 Å². The van der Waals surface area contributed by atoms with Crippen molar-refractivity contribution < 1.29 is 19.4 Å². The van der Waals surface area contributed by atoms with Crippen LogP contribution in [0.25, 0.3) is 0 Å². The Kier molecular flexibility index (Phi) is 5.12. The first-order valence-electron chi connectivity index (χ1n) is 10.5. The molecule has 0 bridgehead atoms. The van der Waals surface area contributed by atoms with Crippen molar-refractivity contribution in [1.82, 2.24) is 0 Å². The molecular formula is C28H22O4. The zero-order valence-electron chi connectivity index (χ0n) is 17.4. The molecule has 2 unspecified atom stereocenters. The Hall–Kier alpha value is -4.05. The topological polar surface area (TPSA) is 55.8 Å². The molecule has 0 amide bonds. The average molecular weight is 422 g/mol. The first-order chi connectivity index (χ1) is 15.6. The van der Waals surface area contributed by atoms with Gasteiger partial charge in [0.25, 0.3) is 0 Å². The number of ether oxygens (including phenoxy) is 2. The number of carbonyl (C=O) groups is 1. The lowest BCUT2D eigenvalue weighted by Gasteiger charge is -2.36. The molecule has 0 saturated heterocycles. The van der Waals surface area contributed by atoms with Crippen molar-refractivity contribution in [1.29, 1.82) is 0 Å². The lowest BCUT2D eigenvalue weighted by Crippen LogP contribution is -2.26. The van der Waals surface area contributed by atoms with Gasteiger partial charge in [-0.2, -0.15) is 0 Å². The lowest BCUT2D eigenvalue weighted by atomic mass is 9.74. The van der Waals surface area contributed by atoms with E-state index in [1.54, 1.807) is 12.1 Å². The molecule has 0 saturated carbocycles. The van der Waals surface area contributed by atoms with Gasteiger partial charge in [0.2, 0.25) is 0 Å². The average Bonchev–Trinajstić information content (AvgIpc) is 2.81. The molecule has 3 aromatic rings. The van der Waals surface area contributed by atoms with Crippen LogP contribution in [0.2, 0.25) is 0 Å². The van der Waals surface area contributed by atoms with Crippen LogP contribution in [0.3, 0.4) is 0 Å². The van der Waals surface area contributed by atoms with Gasteiger partial charge in [-0.15, -0.1) is 0 Å². The van der Waals surface area contributed by atoms with Crippen LogP contribution in [0.1, 0.15) is 33.0 Å². The van der Waals surface area contributed by atoms with E-state index in [0.717, 1.165) is 28.0 Å². The van der Waals surface area contributed by atoms with Gasteiger partial charge in [0, 0.05) is 23.5 Å². The Bertz CT molecular complexity index is 1250. The molecule has 0 radical (unpaired) electrons. The molecular weight excluding hydrogens is 400 g/mol. The quantitative estimate of drug-likeness (QED) is 0.539. The Morgan fingerprint density at radius 2 is 1.78 bits per heavy atom. The van der Waals surface area contributed by atoms with Crippen LogP contribution in [-0.4, -0.2) is 11.1 Å². The third-order valence-corrected chi connectivity index (χ3v) is 5.86. The number of hydrogen-bond donors (Lipinski definition) is 1. The summed E-state index contributed by atoms with van der Waals surface area (Å²) in [5, 5.41) is 9.81. The summed E-state index contributed by atoms with van der Waals surface area (Å²) in [6.45, 7) is 4.48. The summed E-state index contributed by atoms with van der Waals surface area (Å²) in [4.78, 5) is 12.0. The number of allylic oxidation sites excluding steroid dienone is 4. The minimum Gasteiger partial charge on any atom is -0.489 e. The standard InChI is InChI=1S/C28H22O4/c1-18-11-13-23-25(15-18)32-26-16-20(31-17-19-7-3-2-4-8-19)12-14-24(26)27(23)21-9-5-6-10-22(21)28(29)30/h2-16,23,27H,1,17H2,(H,29,30). The van der Waals surface area contributed by atoms with Crippen LogP contribution in [-0.2, 0) is 6.61 Å². The molecule has 1 heterocycles. The molecule has 0 fully saturated rings. The SMILES string of the molecule is C=C1C=CC2C(=C1)Oc1cc(OCc3ccccc3)ccc1C2c1ccccc1C(=O)O. The predicted molar refractivity (Wildman–Crippen MR) is 123 cm³/mol. The number of fused-ring (bicyclic) bond motifs is 2. The highest BCUT2D eigenvalue weighted by Crippen LogP contribution is 2.49. The van der Waals surface area contributed by atoms with E-state index in [4.69, 9.17) is 9.47 Å². The second kappa shape index (κ2) is 8.23. The molecule has 1 aliphatic heterocycles. The van der Waals surface area contributed by atoms with Crippen LogP contribution in [0.4, 0.5) is 0 Å². The fraction of sp³-hybridized carbons (Fsp3) is 0.107. The highest BCUT2D eigenvalue weighted by molar-refractivity contribution is 5.90. The summed E-state index contributed by atoms with van der Waals surface area (Å²) in [6.07, 6.45) is 5.92. The number of hydrogen-bond acceptors (Lipinski definition) is 3. The van der Waals surface area contributed by atoms with E-state index in [9.17, 15) is 9.90 Å². The zero-order valence-corrected chi connectivity index (χ0v) is 17.4. The first-order valence-corrected chi connectivity index (χ1v) is 10.5. The first kappa shape index (κ1) is 19.9. The normalized spacial score (nSPS) is 18.8. The van der Waals surface area contributed by atoms with Gasteiger partial charge in [0.15, 0.2) is 0 Å². The van der Waals surface area contributed by atoms with Gasteiger partial charge in [-0.05, 0) is 34.9 Å². The number of carboxylic acids is 1. The third kappa shape index (κ3) is 3.71. The second-order valence-electron chi connectivity index (χ2n) is 7.95. The lowest BCUT2D eigenvalue weighted by molar-refractivity contribution is 0.0695. The summed E-state index contributed by atoms with van der Waals surface area (Å²) >= 11 is 0. The van der Waals surface area contributed by atoms with E-state index >= 15 is 0 Å². The second-order valence-corrected chi connectivity index (χ2v) is 7.95. The third-order valence-electron chi connectivity index (χ3n) is 5.86. The molecule has 2 atom stereocenters. The summed E-state index contributed by atoms with van der Waals surface area (Å²) in [7, 11) is 0. The van der Waals surface area contributed by atoms with Crippen molar-refractivity contribution in [3.05, 3.63) is 131 Å². The molecule has 1 N–H and O–H groups in total. The summed E-state index contributed by atoms with van der Waals surface area (Å²) in [5.74, 6) is 0.893. The Morgan fingerprint density at radius 3 is 2.59 bits per heavy atom. The highest BCUT2D eigenvalue weighted by Gasteiger charge is 2.37. The van der Waals surface area contributed by atoms with Crippen molar-refractivity contribution in [3.8, 4) is 11.5 Å². The maximum absolute atomic E-state index is 12.0. The maximum atomic E-state index is 12.0. The van der Waals surface area contributed by atoms with Gasteiger partial charge in [-0.25, -0.2) is 4.79 Å². The van der Waals surface area contributed by atoms with E-state index in [1.165, 1.54) is 0 Å². The van der Waals surface area contributed by atoms with E-state index in [-0.39, 0.29) is 11.8 Å². The molecule has 4 nitrogen and oxygen atoms in total. The van der Waals surface area contributed by atoms with Gasteiger partial charge in [0.05, 0.1) is 5.56 Å². The molecule has 32 heavy (non-hydrogen) atoms. The maximum Gasteiger partial charge on any atom is 0.335 e. The van der Waals surface area contributed by atoms with E-state index in [0.29, 0.717) is 23.7 Å². The van der Waals surface area contributed by atoms with Crippen molar-refractivity contribution in [2.24, 2.45) is 5.92 Å². The number of aromatic carboxylic acids is 1. The molecule has 158 valence electrons. The molecule has 1 aliphatic carbocycles. The minimum absolute atomic E-state index is 0.107. The van der Waals surface area contributed by atoms with Gasteiger partial charge < -0.3 is 14.6 Å². The molecule has 4 heteroatoms. The molecule has 0 aromatic heterocycles. The van der Waals surface area contributed by atoms with Crippen molar-refractivity contribution in [2.75, 3.05) is 0 Å². The van der Waals surface area contributed by atoms with Crippen molar-refractivity contribution >= 4 is 5.97 Å². The fourth-order valence-corrected chi connectivity index (χ4v) is 4.36. The van der Waals surface area contributed by atoms with Crippen LogP contribution >= 0.6 is 0 Å². The highest BCUT2D eigenvalue weighted by atomic mass is 16.5. The van der Waals surface area contributed by atoms with Crippen LogP contribution in [0, 0.1) is 5.92 Å². The molecule has 0 spiro atoms. The molecule has 2 aliphatic rings. The van der Waals surface area contributed by atoms with Gasteiger partial charge in [-0.1, -0.05) is 73.3 Å². The molecule has 5 rings (SSSR count). The van der Waals surface area contributed by atoms with Gasteiger partial charge >= 0.3 is 5.97 Å². The van der Waals surface area contributed by atoms with E-state index in [2.05, 4.69) is 6.58 Å². The fourth-order valence-electron chi connectivity index (χ4n) is 4.36.